The van der Waals surface area contributed by atoms with Gasteiger partial charge in [0.15, 0.2) is 0 Å². The molecule has 17 heavy (non-hydrogen) atoms. The minimum atomic E-state index is -4.71. The van der Waals surface area contributed by atoms with Gasteiger partial charge < -0.3 is 5.73 Å². The van der Waals surface area contributed by atoms with E-state index in [1.165, 1.54) is 22.6 Å². The summed E-state index contributed by atoms with van der Waals surface area (Å²) in [6.45, 7) is -0.602. The van der Waals surface area contributed by atoms with Crippen molar-refractivity contribution in [3.05, 3.63) is 32.4 Å². The summed E-state index contributed by atoms with van der Waals surface area (Å²) in [5.41, 5.74) is 2.27. The first kappa shape index (κ1) is 14.6. The SMILES string of the molecule is NCc1cc(C(F)(F)F)cc(I)c1C(F)(F)F. The summed E-state index contributed by atoms with van der Waals surface area (Å²) >= 11 is 1.22. The number of benzene rings is 1. The lowest BCUT2D eigenvalue weighted by atomic mass is 10.0. The first-order valence-corrected chi connectivity index (χ1v) is 5.32. The van der Waals surface area contributed by atoms with Gasteiger partial charge in [-0.1, -0.05) is 0 Å². The number of alkyl halides is 6. The molecular weight excluding hydrogens is 363 g/mol. The smallest absolute Gasteiger partial charge is 0.326 e. The third-order valence-electron chi connectivity index (χ3n) is 2.00. The Morgan fingerprint density at radius 3 is 1.88 bits per heavy atom. The van der Waals surface area contributed by atoms with E-state index in [0.29, 0.717) is 12.1 Å². The fourth-order valence-electron chi connectivity index (χ4n) is 1.31. The van der Waals surface area contributed by atoms with Crippen LogP contribution in [-0.2, 0) is 18.9 Å². The third kappa shape index (κ3) is 3.24. The van der Waals surface area contributed by atoms with Gasteiger partial charge in [-0.25, -0.2) is 0 Å². The molecule has 8 heteroatoms. The van der Waals surface area contributed by atoms with Gasteiger partial charge in [-0.2, -0.15) is 26.3 Å². The van der Waals surface area contributed by atoms with Crippen molar-refractivity contribution in [2.45, 2.75) is 18.9 Å². The zero-order chi connectivity index (χ0) is 13.4. The first-order chi connectivity index (χ1) is 7.57. The fraction of sp³-hybridized carbons (Fsp3) is 0.333. The second-order valence-electron chi connectivity index (χ2n) is 3.19. The van der Waals surface area contributed by atoms with Crippen LogP contribution in [0.25, 0.3) is 0 Å². The predicted molar refractivity (Wildman–Crippen MR) is 57.1 cm³/mol. The molecule has 1 rings (SSSR count). The van der Waals surface area contributed by atoms with E-state index in [2.05, 4.69) is 0 Å². The predicted octanol–water partition coefficient (Wildman–Crippen LogP) is 3.79. The summed E-state index contributed by atoms with van der Waals surface area (Å²) < 4.78 is 74.4. The molecule has 0 aliphatic rings. The van der Waals surface area contributed by atoms with Crippen molar-refractivity contribution in [2.75, 3.05) is 0 Å². The molecule has 1 aromatic carbocycles. The Hall–Kier alpha value is -0.510. The third-order valence-corrected chi connectivity index (χ3v) is 2.85. The Morgan fingerprint density at radius 1 is 1.00 bits per heavy atom. The van der Waals surface area contributed by atoms with Crippen LogP contribution in [0.1, 0.15) is 16.7 Å². The average Bonchev–Trinajstić information content (AvgIpc) is 2.12. The van der Waals surface area contributed by atoms with Crippen molar-refractivity contribution < 1.29 is 26.3 Å². The maximum Gasteiger partial charge on any atom is 0.417 e. The second kappa shape index (κ2) is 4.63. The zero-order valence-corrected chi connectivity index (χ0v) is 10.2. The Balaban J connectivity index is 3.47. The van der Waals surface area contributed by atoms with Crippen molar-refractivity contribution in [1.82, 2.24) is 0 Å². The molecule has 0 radical (unpaired) electrons. The van der Waals surface area contributed by atoms with Crippen molar-refractivity contribution in [2.24, 2.45) is 5.73 Å². The van der Waals surface area contributed by atoms with Gasteiger partial charge in [0.05, 0.1) is 11.1 Å². The normalized spacial score (nSPS) is 12.9. The van der Waals surface area contributed by atoms with Crippen LogP contribution in [0, 0.1) is 3.57 Å². The topological polar surface area (TPSA) is 26.0 Å². The van der Waals surface area contributed by atoms with Crippen LogP contribution in [0.5, 0.6) is 0 Å². The largest absolute Gasteiger partial charge is 0.417 e. The quantitative estimate of drug-likeness (QED) is 0.592. The van der Waals surface area contributed by atoms with Gasteiger partial charge in [0.1, 0.15) is 0 Å². The van der Waals surface area contributed by atoms with Crippen molar-refractivity contribution in [1.29, 1.82) is 0 Å². The number of nitrogens with two attached hydrogens (primary N) is 1. The van der Waals surface area contributed by atoms with Crippen LogP contribution >= 0.6 is 22.6 Å². The number of rotatable bonds is 1. The van der Waals surface area contributed by atoms with E-state index in [9.17, 15) is 26.3 Å². The highest BCUT2D eigenvalue weighted by Crippen LogP contribution is 2.39. The number of hydrogen-bond donors (Lipinski definition) is 1. The van der Waals surface area contributed by atoms with E-state index in [-0.39, 0.29) is 0 Å². The second-order valence-corrected chi connectivity index (χ2v) is 4.35. The van der Waals surface area contributed by atoms with Crippen LogP contribution < -0.4 is 5.73 Å². The van der Waals surface area contributed by atoms with Crippen LogP contribution in [0.3, 0.4) is 0 Å². The molecule has 0 atom stereocenters. The van der Waals surface area contributed by atoms with E-state index in [1.54, 1.807) is 0 Å². The van der Waals surface area contributed by atoms with Crippen LogP contribution in [0.15, 0.2) is 12.1 Å². The Kier molecular flexibility index (Phi) is 3.97. The molecule has 2 N–H and O–H groups in total. The van der Waals surface area contributed by atoms with Crippen LogP contribution in [-0.4, -0.2) is 0 Å². The van der Waals surface area contributed by atoms with E-state index < -0.39 is 39.2 Å². The lowest BCUT2D eigenvalue weighted by Gasteiger charge is -2.16. The lowest BCUT2D eigenvalue weighted by Crippen LogP contribution is -2.17. The molecule has 0 heterocycles. The molecule has 96 valence electrons. The molecule has 0 fully saturated rings. The van der Waals surface area contributed by atoms with Gasteiger partial charge in [-0.15, -0.1) is 0 Å². The fourth-order valence-corrected chi connectivity index (χ4v) is 2.29. The molecule has 0 saturated carbocycles. The number of hydrogen-bond acceptors (Lipinski definition) is 1. The Morgan fingerprint density at radius 2 is 1.53 bits per heavy atom. The standard InChI is InChI=1S/C9H6F6IN/c10-8(11,12)5-1-4(3-17)7(6(16)2-5)9(13,14)15/h1-2H,3,17H2. The van der Waals surface area contributed by atoms with Crippen molar-refractivity contribution in [3.8, 4) is 0 Å². The minimum absolute atomic E-state index is 0.436. The summed E-state index contributed by atoms with van der Waals surface area (Å²) in [6.07, 6.45) is -9.40. The highest BCUT2D eigenvalue weighted by Gasteiger charge is 2.38. The van der Waals surface area contributed by atoms with Gasteiger partial charge >= 0.3 is 12.4 Å². The molecule has 0 amide bonds. The molecule has 0 aliphatic heterocycles. The Bertz CT molecular complexity index is 423. The monoisotopic (exact) mass is 369 g/mol. The number of halogens is 7. The van der Waals surface area contributed by atoms with Gasteiger partial charge in [-0.05, 0) is 40.3 Å². The molecule has 0 aliphatic carbocycles. The lowest BCUT2D eigenvalue weighted by molar-refractivity contribution is -0.142. The van der Waals surface area contributed by atoms with E-state index in [0.717, 1.165) is 0 Å². The van der Waals surface area contributed by atoms with Crippen molar-refractivity contribution in [3.63, 3.8) is 0 Å². The molecule has 0 unspecified atom stereocenters. The molecule has 0 aromatic heterocycles. The van der Waals surface area contributed by atoms with Gasteiger partial charge in [0, 0.05) is 10.1 Å². The molecule has 0 spiro atoms. The molecule has 0 saturated heterocycles. The minimum Gasteiger partial charge on any atom is -0.326 e. The van der Waals surface area contributed by atoms with Crippen molar-refractivity contribution >= 4 is 22.6 Å². The van der Waals surface area contributed by atoms with E-state index >= 15 is 0 Å². The highest BCUT2D eigenvalue weighted by molar-refractivity contribution is 14.1. The van der Waals surface area contributed by atoms with Crippen LogP contribution in [0.2, 0.25) is 0 Å². The van der Waals surface area contributed by atoms with E-state index in [1.807, 2.05) is 0 Å². The molecule has 1 nitrogen and oxygen atoms in total. The summed E-state index contributed by atoms with van der Waals surface area (Å²) in [5.74, 6) is 0. The Labute approximate surface area is 106 Å². The summed E-state index contributed by atoms with van der Waals surface area (Å²) in [5, 5.41) is 0. The molecular formula is C9H6F6IN. The van der Waals surface area contributed by atoms with Gasteiger partial charge in [0.2, 0.25) is 0 Å². The zero-order valence-electron chi connectivity index (χ0n) is 8.08. The summed E-state index contributed by atoms with van der Waals surface area (Å²) in [7, 11) is 0. The van der Waals surface area contributed by atoms with E-state index in [4.69, 9.17) is 5.73 Å². The average molecular weight is 369 g/mol. The first-order valence-electron chi connectivity index (χ1n) is 4.24. The maximum absolute atomic E-state index is 12.6. The summed E-state index contributed by atoms with van der Waals surface area (Å²) in [6, 6.07) is 0.896. The molecule has 1 aromatic rings. The maximum atomic E-state index is 12.6. The molecule has 0 bridgehead atoms. The summed E-state index contributed by atoms with van der Waals surface area (Å²) in [4.78, 5) is 0. The van der Waals surface area contributed by atoms with Crippen LogP contribution in [0.4, 0.5) is 26.3 Å². The highest BCUT2D eigenvalue weighted by atomic mass is 127. The van der Waals surface area contributed by atoms with Gasteiger partial charge in [-0.3, -0.25) is 0 Å². The van der Waals surface area contributed by atoms with Gasteiger partial charge in [0.25, 0.3) is 0 Å².